The van der Waals surface area contributed by atoms with Crippen LogP contribution in [0.5, 0.6) is 0 Å². The lowest BCUT2D eigenvalue weighted by Crippen LogP contribution is -2.48. The Morgan fingerprint density at radius 3 is 3.00 bits per heavy atom. The van der Waals surface area contributed by atoms with Crippen LogP contribution in [0.15, 0.2) is 27.8 Å². The van der Waals surface area contributed by atoms with E-state index >= 15 is 0 Å². The number of nitrogens with zero attached hydrogens (tertiary/aromatic N) is 2. The lowest BCUT2D eigenvalue weighted by molar-refractivity contribution is -0.0161. The van der Waals surface area contributed by atoms with Crippen LogP contribution in [-0.2, 0) is 11.3 Å². The highest BCUT2D eigenvalue weighted by molar-refractivity contribution is 14.0. The van der Waals surface area contributed by atoms with Gasteiger partial charge in [-0.2, -0.15) is 0 Å². The number of likely N-dealkylation sites (N-methyl/N-ethyl adjacent to an activating group) is 1. The van der Waals surface area contributed by atoms with Gasteiger partial charge in [0.2, 0.25) is 0 Å². The Kier molecular flexibility index (Phi) is 8.70. The monoisotopic (exact) mass is 408 g/mol. The Morgan fingerprint density at radius 2 is 2.33 bits per heavy atom. The third-order valence-electron chi connectivity index (χ3n) is 3.16. The molecule has 21 heavy (non-hydrogen) atoms. The summed E-state index contributed by atoms with van der Waals surface area (Å²) in [5.41, 5.74) is 0. The maximum absolute atomic E-state index is 5.72. The lowest BCUT2D eigenvalue weighted by Gasteiger charge is -2.30. The molecule has 0 amide bonds. The number of hydrogen-bond donors (Lipinski definition) is 2. The third-order valence-corrected chi connectivity index (χ3v) is 3.16. The van der Waals surface area contributed by atoms with Crippen molar-refractivity contribution >= 4 is 29.9 Å². The molecule has 0 bridgehead atoms. The van der Waals surface area contributed by atoms with E-state index in [-0.39, 0.29) is 30.1 Å². The summed E-state index contributed by atoms with van der Waals surface area (Å²) < 4.78 is 11.0. The normalized spacial score (nSPS) is 19.9. The number of furan rings is 1. The minimum atomic E-state index is 0. The van der Waals surface area contributed by atoms with Crippen LogP contribution in [0.1, 0.15) is 12.7 Å². The molecule has 120 valence electrons. The number of ether oxygens (including phenoxy) is 1. The molecular formula is C14H25IN4O2. The number of nitrogens with one attached hydrogen (secondary N) is 2. The van der Waals surface area contributed by atoms with Crippen molar-refractivity contribution in [2.24, 2.45) is 4.99 Å². The Bertz CT molecular complexity index is 411. The topological polar surface area (TPSA) is 62.0 Å². The van der Waals surface area contributed by atoms with Crippen LogP contribution in [-0.4, -0.2) is 56.8 Å². The molecule has 2 heterocycles. The highest BCUT2D eigenvalue weighted by Crippen LogP contribution is 2.02. The summed E-state index contributed by atoms with van der Waals surface area (Å²) in [5.74, 6) is 1.65. The summed E-state index contributed by atoms with van der Waals surface area (Å²) >= 11 is 0. The van der Waals surface area contributed by atoms with Crippen molar-refractivity contribution in [2.75, 3.05) is 39.8 Å². The average molecular weight is 408 g/mol. The zero-order chi connectivity index (χ0) is 14.2. The molecule has 1 aromatic heterocycles. The van der Waals surface area contributed by atoms with Crippen molar-refractivity contribution in [1.29, 1.82) is 0 Å². The number of guanidine groups is 1. The fraction of sp³-hybridized carbons (Fsp3) is 0.643. The summed E-state index contributed by atoms with van der Waals surface area (Å²) in [7, 11) is 2.12. The number of aliphatic imine (C=N–C) groups is 1. The van der Waals surface area contributed by atoms with E-state index in [1.807, 2.05) is 12.1 Å². The molecule has 0 aromatic carbocycles. The van der Waals surface area contributed by atoms with Crippen molar-refractivity contribution < 1.29 is 9.15 Å². The van der Waals surface area contributed by atoms with Gasteiger partial charge in [-0.1, -0.05) is 0 Å². The molecule has 2 N–H and O–H groups in total. The van der Waals surface area contributed by atoms with E-state index in [1.54, 1.807) is 6.26 Å². The quantitative estimate of drug-likeness (QED) is 0.437. The van der Waals surface area contributed by atoms with Gasteiger partial charge in [-0.05, 0) is 26.1 Å². The second-order valence-corrected chi connectivity index (χ2v) is 4.91. The number of halogens is 1. The Morgan fingerprint density at radius 1 is 1.48 bits per heavy atom. The molecule has 6 nitrogen and oxygen atoms in total. The molecule has 2 rings (SSSR count). The van der Waals surface area contributed by atoms with Gasteiger partial charge in [-0.3, -0.25) is 0 Å². The van der Waals surface area contributed by atoms with Crippen LogP contribution in [0, 0.1) is 0 Å². The second-order valence-electron chi connectivity index (χ2n) is 4.91. The van der Waals surface area contributed by atoms with E-state index in [2.05, 4.69) is 34.5 Å². The van der Waals surface area contributed by atoms with Gasteiger partial charge in [0.15, 0.2) is 5.96 Å². The summed E-state index contributed by atoms with van der Waals surface area (Å²) in [6, 6.07) is 3.79. The molecule has 0 saturated carbocycles. The van der Waals surface area contributed by atoms with E-state index in [1.165, 1.54) is 0 Å². The minimum absolute atomic E-state index is 0. The molecule has 1 aliphatic rings. The fourth-order valence-electron chi connectivity index (χ4n) is 2.10. The van der Waals surface area contributed by atoms with Gasteiger partial charge in [0.1, 0.15) is 12.3 Å². The van der Waals surface area contributed by atoms with E-state index in [0.29, 0.717) is 6.54 Å². The Hall–Kier alpha value is -0.800. The first-order valence-electron chi connectivity index (χ1n) is 7.12. The van der Waals surface area contributed by atoms with E-state index in [9.17, 15) is 0 Å². The number of hydrogen-bond acceptors (Lipinski definition) is 4. The molecule has 0 aliphatic carbocycles. The maximum Gasteiger partial charge on any atom is 0.191 e. The van der Waals surface area contributed by atoms with Gasteiger partial charge in [-0.25, -0.2) is 4.99 Å². The van der Waals surface area contributed by atoms with E-state index in [0.717, 1.165) is 44.5 Å². The first-order valence-corrected chi connectivity index (χ1v) is 7.12. The molecule has 1 aliphatic heterocycles. The average Bonchev–Trinajstić information content (AvgIpc) is 2.95. The molecule has 7 heteroatoms. The van der Waals surface area contributed by atoms with Crippen LogP contribution in [0.25, 0.3) is 0 Å². The minimum Gasteiger partial charge on any atom is -0.467 e. The van der Waals surface area contributed by atoms with Crippen molar-refractivity contribution in [3.8, 4) is 0 Å². The van der Waals surface area contributed by atoms with Crippen molar-refractivity contribution in [3.05, 3.63) is 24.2 Å². The van der Waals surface area contributed by atoms with Crippen LogP contribution in [0.4, 0.5) is 0 Å². The van der Waals surface area contributed by atoms with Gasteiger partial charge in [0, 0.05) is 26.2 Å². The van der Waals surface area contributed by atoms with Crippen LogP contribution in [0.3, 0.4) is 0 Å². The van der Waals surface area contributed by atoms with Crippen molar-refractivity contribution in [1.82, 2.24) is 15.5 Å². The van der Waals surface area contributed by atoms with Crippen molar-refractivity contribution in [2.45, 2.75) is 19.6 Å². The maximum atomic E-state index is 5.72. The third kappa shape index (κ3) is 6.66. The molecular weight excluding hydrogens is 383 g/mol. The zero-order valence-corrected chi connectivity index (χ0v) is 15.0. The highest BCUT2D eigenvalue weighted by atomic mass is 127. The molecule has 1 aromatic rings. The van der Waals surface area contributed by atoms with Gasteiger partial charge < -0.3 is 24.7 Å². The van der Waals surface area contributed by atoms with E-state index < -0.39 is 0 Å². The molecule has 0 spiro atoms. The largest absolute Gasteiger partial charge is 0.467 e. The summed E-state index contributed by atoms with van der Waals surface area (Å²) in [6.45, 7) is 6.92. The lowest BCUT2D eigenvalue weighted by atomic mass is 10.3. The molecule has 1 unspecified atom stereocenters. The summed E-state index contributed by atoms with van der Waals surface area (Å²) in [5, 5.41) is 6.54. The highest BCUT2D eigenvalue weighted by Gasteiger charge is 2.17. The molecule has 1 fully saturated rings. The molecule has 1 saturated heterocycles. The first-order chi connectivity index (χ1) is 9.78. The van der Waals surface area contributed by atoms with Crippen LogP contribution < -0.4 is 10.6 Å². The summed E-state index contributed by atoms with van der Waals surface area (Å²) in [6.07, 6.45) is 1.87. The second kappa shape index (κ2) is 10.0. The van der Waals surface area contributed by atoms with E-state index in [4.69, 9.17) is 9.15 Å². The number of rotatable bonds is 5. The van der Waals surface area contributed by atoms with Gasteiger partial charge in [0.05, 0.1) is 19.0 Å². The Balaban J connectivity index is 0.00000220. The number of morpholine rings is 1. The Labute approximate surface area is 143 Å². The molecule has 1 atom stereocenters. The van der Waals surface area contributed by atoms with Gasteiger partial charge in [-0.15, -0.1) is 24.0 Å². The smallest absolute Gasteiger partial charge is 0.191 e. The van der Waals surface area contributed by atoms with Crippen LogP contribution >= 0.6 is 24.0 Å². The summed E-state index contributed by atoms with van der Waals surface area (Å²) in [4.78, 5) is 6.77. The first kappa shape index (κ1) is 18.2. The predicted molar refractivity (Wildman–Crippen MR) is 94.2 cm³/mol. The van der Waals surface area contributed by atoms with Gasteiger partial charge >= 0.3 is 0 Å². The fourth-order valence-corrected chi connectivity index (χ4v) is 2.10. The van der Waals surface area contributed by atoms with Crippen molar-refractivity contribution in [3.63, 3.8) is 0 Å². The predicted octanol–water partition coefficient (Wildman–Crippen LogP) is 1.28. The van der Waals surface area contributed by atoms with Gasteiger partial charge in [0.25, 0.3) is 0 Å². The molecule has 0 radical (unpaired) electrons. The van der Waals surface area contributed by atoms with Crippen LogP contribution in [0.2, 0.25) is 0 Å². The standard InChI is InChI=1S/C14H24N4O2.HI/c1-3-15-14(16-9-12-5-4-7-19-12)17-10-13-11-18(2)6-8-20-13;/h4-5,7,13H,3,6,8-11H2,1-2H3,(H2,15,16,17);1H. The zero-order valence-electron chi connectivity index (χ0n) is 12.7. The SMILES string of the molecule is CCNC(=NCc1ccco1)NCC1CN(C)CCO1.I.